The van der Waals surface area contributed by atoms with Gasteiger partial charge in [0.25, 0.3) is 5.91 Å². The minimum atomic E-state index is -0.160. The summed E-state index contributed by atoms with van der Waals surface area (Å²) in [5.41, 5.74) is 8.82. The largest absolute Gasteiger partial charge is 0.397 e. The lowest BCUT2D eigenvalue weighted by Crippen LogP contribution is -2.44. The fourth-order valence-electron chi connectivity index (χ4n) is 4.02. The van der Waals surface area contributed by atoms with Gasteiger partial charge in [-0.25, -0.2) is 4.98 Å². The average Bonchev–Trinajstić information content (AvgIpc) is 3.04. The van der Waals surface area contributed by atoms with Crippen molar-refractivity contribution in [3.8, 4) is 0 Å². The van der Waals surface area contributed by atoms with Crippen molar-refractivity contribution in [3.63, 3.8) is 0 Å². The smallest absolute Gasteiger partial charge is 0.263 e. The van der Waals surface area contributed by atoms with E-state index >= 15 is 0 Å². The number of anilines is 1. The molecule has 7 heteroatoms. The summed E-state index contributed by atoms with van der Waals surface area (Å²) in [5.74, 6) is -0.160. The first-order valence-electron chi connectivity index (χ1n) is 9.54. The number of carbonyl (C=O) groups excluding carboxylic acids is 1. The standard InChI is InChI=1S/C21H25N5OS/c1-21(9-5-11-26(13-21)12-14-6-3-4-10-24-14)16-8-7-15-17(22)18(19(27)23-2)28-20(15)25-16/h3-4,6-8,10H,5,9,11-13,22H2,1-2H3,(H,23,27)/t21-/m0/s1. The lowest BCUT2D eigenvalue weighted by Gasteiger charge is -2.40. The van der Waals surface area contributed by atoms with Crippen molar-refractivity contribution in [1.29, 1.82) is 0 Å². The third kappa shape index (κ3) is 3.47. The lowest BCUT2D eigenvalue weighted by atomic mass is 9.78. The number of thiophene rings is 1. The molecule has 0 aromatic carbocycles. The summed E-state index contributed by atoms with van der Waals surface area (Å²) < 4.78 is 0. The third-order valence-corrected chi connectivity index (χ3v) is 6.65. The number of nitrogens with zero attached hydrogens (tertiary/aromatic N) is 3. The summed E-state index contributed by atoms with van der Waals surface area (Å²) >= 11 is 1.37. The van der Waals surface area contributed by atoms with E-state index in [9.17, 15) is 4.79 Å². The van der Waals surface area contributed by atoms with Crippen LogP contribution in [0, 0.1) is 0 Å². The Morgan fingerprint density at radius 2 is 2.21 bits per heavy atom. The molecule has 0 spiro atoms. The van der Waals surface area contributed by atoms with Crippen molar-refractivity contribution in [3.05, 3.63) is 52.8 Å². The predicted octanol–water partition coefficient (Wildman–Crippen LogP) is 3.19. The zero-order valence-corrected chi connectivity index (χ0v) is 17.1. The molecule has 4 rings (SSSR count). The maximum atomic E-state index is 12.0. The van der Waals surface area contributed by atoms with Crippen LogP contribution in [0.3, 0.4) is 0 Å². The number of nitrogens with one attached hydrogen (secondary N) is 1. The molecule has 0 unspecified atom stereocenters. The molecule has 28 heavy (non-hydrogen) atoms. The summed E-state index contributed by atoms with van der Waals surface area (Å²) in [5, 5.41) is 3.51. The van der Waals surface area contributed by atoms with Crippen molar-refractivity contribution < 1.29 is 4.79 Å². The molecule has 1 saturated heterocycles. The molecule has 1 atom stereocenters. The van der Waals surface area contributed by atoms with Gasteiger partial charge in [-0.2, -0.15) is 0 Å². The van der Waals surface area contributed by atoms with Gasteiger partial charge in [0.15, 0.2) is 0 Å². The van der Waals surface area contributed by atoms with Crippen molar-refractivity contribution in [1.82, 2.24) is 20.2 Å². The lowest BCUT2D eigenvalue weighted by molar-refractivity contribution is 0.0968. The second-order valence-corrected chi connectivity index (χ2v) is 8.67. The zero-order valence-electron chi connectivity index (χ0n) is 16.2. The van der Waals surface area contributed by atoms with Gasteiger partial charge in [-0.15, -0.1) is 11.3 Å². The van der Waals surface area contributed by atoms with E-state index in [1.165, 1.54) is 11.3 Å². The van der Waals surface area contributed by atoms with Crippen molar-refractivity contribution in [2.75, 3.05) is 25.9 Å². The summed E-state index contributed by atoms with van der Waals surface area (Å²) in [4.78, 5) is 25.3. The van der Waals surface area contributed by atoms with Crippen molar-refractivity contribution in [2.24, 2.45) is 0 Å². The third-order valence-electron chi connectivity index (χ3n) is 5.53. The van der Waals surface area contributed by atoms with Crippen LogP contribution in [0.5, 0.6) is 0 Å². The minimum Gasteiger partial charge on any atom is -0.397 e. The van der Waals surface area contributed by atoms with Crippen LogP contribution < -0.4 is 11.1 Å². The minimum absolute atomic E-state index is 0.0346. The first-order chi connectivity index (χ1) is 13.5. The highest BCUT2D eigenvalue weighted by Gasteiger charge is 2.34. The number of likely N-dealkylation sites (tertiary alicyclic amines) is 1. The molecule has 3 aromatic heterocycles. The fraction of sp³-hybridized carbons (Fsp3) is 0.381. The molecule has 0 radical (unpaired) electrons. The second-order valence-electron chi connectivity index (χ2n) is 7.67. The van der Waals surface area contributed by atoms with E-state index in [1.54, 1.807) is 7.05 Å². The van der Waals surface area contributed by atoms with Crippen molar-refractivity contribution >= 4 is 33.1 Å². The summed E-state index contributed by atoms with van der Waals surface area (Å²) in [7, 11) is 1.62. The summed E-state index contributed by atoms with van der Waals surface area (Å²) in [6.07, 6.45) is 4.06. The Balaban J connectivity index is 1.61. The molecule has 1 fully saturated rings. The number of hydrogen-bond acceptors (Lipinski definition) is 6. The second kappa shape index (κ2) is 7.48. The van der Waals surface area contributed by atoms with E-state index in [4.69, 9.17) is 10.7 Å². The molecule has 146 valence electrons. The van der Waals surface area contributed by atoms with Crippen LogP contribution >= 0.6 is 11.3 Å². The van der Waals surface area contributed by atoms with E-state index in [-0.39, 0.29) is 11.3 Å². The fourth-order valence-corrected chi connectivity index (χ4v) is 5.06. The number of amides is 1. The number of hydrogen-bond donors (Lipinski definition) is 2. The highest BCUT2D eigenvalue weighted by atomic mass is 32.1. The van der Waals surface area contributed by atoms with E-state index in [2.05, 4.69) is 34.3 Å². The molecule has 1 aliphatic rings. The van der Waals surface area contributed by atoms with Gasteiger partial charge < -0.3 is 11.1 Å². The number of fused-ring (bicyclic) bond motifs is 1. The van der Waals surface area contributed by atoms with Gasteiger partial charge in [-0.05, 0) is 43.7 Å². The van der Waals surface area contributed by atoms with Crippen LogP contribution in [0.2, 0.25) is 0 Å². The van der Waals surface area contributed by atoms with Crippen LogP contribution in [0.4, 0.5) is 5.69 Å². The quantitative estimate of drug-likeness (QED) is 0.709. The van der Waals surface area contributed by atoms with E-state index in [0.29, 0.717) is 10.6 Å². The van der Waals surface area contributed by atoms with Crippen LogP contribution in [-0.4, -0.2) is 40.9 Å². The zero-order chi connectivity index (χ0) is 19.7. The van der Waals surface area contributed by atoms with Gasteiger partial charge >= 0.3 is 0 Å². The Kier molecular flexibility index (Phi) is 5.03. The number of nitrogen functional groups attached to an aromatic ring is 1. The number of pyridine rings is 2. The van der Waals surface area contributed by atoms with E-state index in [0.717, 1.165) is 54.1 Å². The normalized spacial score (nSPS) is 20.4. The summed E-state index contributed by atoms with van der Waals surface area (Å²) in [6.45, 7) is 5.14. The Morgan fingerprint density at radius 3 is 2.96 bits per heavy atom. The van der Waals surface area contributed by atoms with E-state index in [1.807, 2.05) is 24.4 Å². The maximum Gasteiger partial charge on any atom is 0.263 e. The Labute approximate surface area is 168 Å². The number of aromatic nitrogens is 2. The molecule has 0 saturated carbocycles. The molecule has 1 amide bonds. The topological polar surface area (TPSA) is 84.1 Å². The number of rotatable bonds is 4. The maximum absolute atomic E-state index is 12.0. The van der Waals surface area contributed by atoms with Crippen LogP contribution in [0.15, 0.2) is 36.5 Å². The van der Waals surface area contributed by atoms with Crippen molar-refractivity contribution in [2.45, 2.75) is 31.7 Å². The first kappa shape index (κ1) is 18.8. The van der Waals surface area contributed by atoms with E-state index < -0.39 is 0 Å². The number of carbonyl (C=O) groups is 1. The van der Waals surface area contributed by atoms with Gasteiger partial charge in [0, 0.05) is 42.8 Å². The molecule has 0 aliphatic carbocycles. The first-order valence-corrected chi connectivity index (χ1v) is 10.4. The molecule has 1 aliphatic heterocycles. The highest BCUT2D eigenvalue weighted by Crippen LogP contribution is 2.37. The molecule has 3 N–H and O–H groups in total. The SMILES string of the molecule is CNC(=O)c1sc2nc([C@@]3(C)CCCN(Cc4ccccn4)C3)ccc2c1N. The average molecular weight is 396 g/mol. The molecular weight excluding hydrogens is 370 g/mol. The highest BCUT2D eigenvalue weighted by molar-refractivity contribution is 7.21. The Morgan fingerprint density at radius 1 is 1.36 bits per heavy atom. The Hall–Kier alpha value is -2.51. The van der Waals surface area contributed by atoms with Gasteiger partial charge in [-0.3, -0.25) is 14.7 Å². The number of nitrogens with two attached hydrogens (primary N) is 1. The number of piperidine rings is 1. The van der Waals surface area contributed by atoms with Gasteiger partial charge in [0.2, 0.25) is 0 Å². The molecule has 6 nitrogen and oxygen atoms in total. The van der Waals surface area contributed by atoms with Crippen LogP contribution in [-0.2, 0) is 12.0 Å². The summed E-state index contributed by atoms with van der Waals surface area (Å²) in [6, 6.07) is 10.1. The van der Waals surface area contributed by atoms with Gasteiger partial charge in [0.1, 0.15) is 9.71 Å². The molecular formula is C21H25N5OS. The molecule has 4 heterocycles. The monoisotopic (exact) mass is 395 g/mol. The van der Waals surface area contributed by atoms with Gasteiger partial charge in [-0.1, -0.05) is 13.0 Å². The van der Waals surface area contributed by atoms with Gasteiger partial charge in [0.05, 0.1) is 11.4 Å². The molecule has 3 aromatic rings. The predicted molar refractivity (Wildman–Crippen MR) is 114 cm³/mol. The van der Waals surface area contributed by atoms with Crippen LogP contribution in [0.25, 0.3) is 10.2 Å². The van der Waals surface area contributed by atoms with Crippen LogP contribution in [0.1, 0.15) is 40.8 Å². The molecule has 0 bridgehead atoms. The Bertz CT molecular complexity index is 1000.